The van der Waals surface area contributed by atoms with E-state index in [0.717, 1.165) is 38.8 Å². The van der Waals surface area contributed by atoms with Gasteiger partial charge in [0.2, 0.25) is 0 Å². The number of alkyl halides is 1. The van der Waals surface area contributed by atoms with Gasteiger partial charge in [0.15, 0.2) is 11.6 Å². The van der Waals surface area contributed by atoms with Gasteiger partial charge in [-0.15, -0.1) is 0 Å². The van der Waals surface area contributed by atoms with Crippen molar-refractivity contribution in [2.45, 2.75) is 49.9 Å². The summed E-state index contributed by atoms with van der Waals surface area (Å²) in [6.07, 6.45) is 3.49. The van der Waals surface area contributed by atoms with E-state index in [9.17, 15) is 4.39 Å². The molecule has 0 amide bonds. The Bertz CT molecular complexity index is 1080. The highest BCUT2D eigenvalue weighted by atomic mass is 79.9. The van der Waals surface area contributed by atoms with Crippen molar-refractivity contribution in [1.82, 2.24) is 14.9 Å². The minimum atomic E-state index is -0.841. The Morgan fingerprint density at radius 1 is 1.29 bits per heavy atom. The molecule has 31 heavy (non-hydrogen) atoms. The van der Waals surface area contributed by atoms with Gasteiger partial charge in [-0.25, -0.2) is 8.78 Å². The summed E-state index contributed by atoms with van der Waals surface area (Å²) in [4.78, 5) is 13.4. The van der Waals surface area contributed by atoms with E-state index >= 15 is 4.39 Å². The second kappa shape index (κ2) is 7.28. The van der Waals surface area contributed by atoms with Crippen molar-refractivity contribution in [3.05, 3.63) is 15.3 Å². The lowest BCUT2D eigenvalue weighted by Crippen LogP contribution is -2.43. The Hall–Kier alpha value is -1.45. The second-order valence-electron chi connectivity index (χ2n) is 8.99. The Kier molecular flexibility index (Phi) is 4.74. The van der Waals surface area contributed by atoms with Crippen molar-refractivity contribution < 1.29 is 18.3 Å². The normalized spacial score (nSPS) is 29.7. The molecule has 0 N–H and O–H groups in total. The van der Waals surface area contributed by atoms with E-state index < -0.39 is 12.0 Å². The van der Waals surface area contributed by atoms with Crippen molar-refractivity contribution in [2.24, 2.45) is 0 Å². The lowest BCUT2D eigenvalue weighted by atomic mass is 9.95. The predicted molar refractivity (Wildman–Crippen MR) is 117 cm³/mol. The van der Waals surface area contributed by atoms with Crippen LogP contribution in [0.15, 0.2) is 4.47 Å². The first kappa shape index (κ1) is 20.2. The smallest absolute Gasteiger partial charge is 0.319 e. The molecular formula is C21H22BrClF2N4O2. The summed E-state index contributed by atoms with van der Waals surface area (Å²) in [7, 11) is 0. The van der Waals surface area contributed by atoms with Gasteiger partial charge >= 0.3 is 6.01 Å². The summed E-state index contributed by atoms with van der Waals surface area (Å²) in [5.74, 6) is 0.431. The molecule has 166 valence electrons. The molecule has 0 bridgehead atoms. The molecule has 0 saturated carbocycles. The fourth-order valence-electron chi connectivity index (χ4n) is 5.73. The van der Waals surface area contributed by atoms with E-state index in [1.165, 1.54) is 0 Å². The minimum Gasteiger partial charge on any atom is -0.489 e. The molecule has 0 unspecified atom stereocenters. The third kappa shape index (κ3) is 3.03. The maximum atomic E-state index is 15.2. The van der Waals surface area contributed by atoms with Crippen molar-refractivity contribution in [3.63, 3.8) is 0 Å². The monoisotopic (exact) mass is 514 g/mol. The fraction of sp³-hybridized carbons (Fsp3) is 0.619. The second-order valence-corrected chi connectivity index (χ2v) is 10.2. The quantitative estimate of drug-likeness (QED) is 0.561. The molecule has 10 heteroatoms. The zero-order valence-corrected chi connectivity index (χ0v) is 19.2. The molecule has 6 nitrogen and oxygen atoms in total. The number of aromatic nitrogens is 2. The number of benzene rings is 1. The summed E-state index contributed by atoms with van der Waals surface area (Å²) in [5.41, 5.74) is -0.204. The van der Waals surface area contributed by atoms with Crippen LogP contribution in [0.2, 0.25) is 5.02 Å². The maximum Gasteiger partial charge on any atom is 0.319 e. The highest BCUT2D eigenvalue weighted by Crippen LogP contribution is 2.48. The lowest BCUT2D eigenvalue weighted by molar-refractivity contribution is 0.107. The molecule has 0 spiro atoms. The van der Waals surface area contributed by atoms with Gasteiger partial charge < -0.3 is 14.4 Å². The largest absolute Gasteiger partial charge is 0.489 e. The van der Waals surface area contributed by atoms with Gasteiger partial charge in [-0.1, -0.05) is 11.6 Å². The van der Waals surface area contributed by atoms with Crippen LogP contribution in [-0.4, -0.2) is 65.5 Å². The third-order valence-corrected chi connectivity index (χ3v) is 8.52. The van der Waals surface area contributed by atoms with Crippen LogP contribution >= 0.6 is 27.5 Å². The predicted octanol–water partition coefficient (Wildman–Crippen LogP) is 4.50. The summed E-state index contributed by atoms with van der Waals surface area (Å²) in [6, 6.07) is 0.250. The van der Waals surface area contributed by atoms with Crippen LogP contribution in [0.3, 0.4) is 0 Å². The number of hydrogen-bond donors (Lipinski definition) is 0. The van der Waals surface area contributed by atoms with Gasteiger partial charge in [0, 0.05) is 19.5 Å². The zero-order chi connectivity index (χ0) is 21.3. The van der Waals surface area contributed by atoms with E-state index in [4.69, 9.17) is 26.1 Å². The highest BCUT2D eigenvalue weighted by Gasteiger charge is 2.49. The first-order valence-electron chi connectivity index (χ1n) is 10.8. The number of fused-ring (bicyclic) bond motifs is 3. The lowest BCUT2D eigenvalue weighted by Gasteiger charge is -2.31. The average Bonchev–Trinajstić information content (AvgIpc) is 3.42. The molecule has 3 saturated heterocycles. The number of halogens is 4. The molecule has 5 heterocycles. The van der Waals surface area contributed by atoms with Crippen molar-refractivity contribution in [1.29, 1.82) is 0 Å². The average molecular weight is 516 g/mol. The third-order valence-electron chi connectivity index (χ3n) is 7.19. The Morgan fingerprint density at radius 2 is 2.16 bits per heavy atom. The molecule has 1 aromatic heterocycles. The summed E-state index contributed by atoms with van der Waals surface area (Å²) in [5, 5.41) is 0.665. The summed E-state index contributed by atoms with van der Waals surface area (Å²) >= 11 is 9.65. The minimum absolute atomic E-state index is 0.109. The van der Waals surface area contributed by atoms with Crippen LogP contribution < -0.4 is 14.4 Å². The van der Waals surface area contributed by atoms with E-state index in [1.54, 1.807) is 0 Å². The van der Waals surface area contributed by atoms with Crippen LogP contribution in [0.5, 0.6) is 11.8 Å². The van der Waals surface area contributed by atoms with Gasteiger partial charge in [-0.2, -0.15) is 9.97 Å². The molecule has 3 fully saturated rings. The van der Waals surface area contributed by atoms with Crippen LogP contribution in [0.25, 0.3) is 10.9 Å². The van der Waals surface area contributed by atoms with Gasteiger partial charge in [-0.05, 0) is 48.2 Å². The molecule has 0 radical (unpaired) electrons. The van der Waals surface area contributed by atoms with Crippen LogP contribution in [0.1, 0.15) is 32.1 Å². The summed E-state index contributed by atoms with van der Waals surface area (Å²) < 4.78 is 41.5. The zero-order valence-electron chi connectivity index (χ0n) is 16.8. The Labute approximate surface area is 192 Å². The van der Waals surface area contributed by atoms with E-state index in [1.807, 2.05) is 0 Å². The van der Waals surface area contributed by atoms with E-state index in [2.05, 4.69) is 30.7 Å². The number of hydrogen-bond acceptors (Lipinski definition) is 6. The van der Waals surface area contributed by atoms with E-state index in [-0.39, 0.29) is 32.6 Å². The number of nitrogens with zero attached hydrogens (tertiary/aromatic N) is 4. The van der Waals surface area contributed by atoms with Gasteiger partial charge in [-0.3, -0.25) is 4.90 Å². The van der Waals surface area contributed by atoms with Crippen molar-refractivity contribution in [2.75, 3.05) is 37.7 Å². The molecule has 2 aromatic rings. The molecule has 4 aliphatic rings. The molecule has 6 rings (SSSR count). The van der Waals surface area contributed by atoms with Gasteiger partial charge in [0.25, 0.3) is 0 Å². The Morgan fingerprint density at radius 3 is 3.03 bits per heavy atom. The standard InChI is InChI=1S/C21H22BrClF2N4O2/c22-14-15(23)18-13-17(16(14)25)26-20(27-19(13)29-6-1-3-12(29)9-30-18)31-10-21-4-2-5-28(21)8-11(24)7-21/h11-12H,1-10H2/t11-,12+,21+/m1/s1. The van der Waals surface area contributed by atoms with Crippen LogP contribution in [0, 0.1) is 5.82 Å². The first-order chi connectivity index (χ1) is 15.0. The highest BCUT2D eigenvalue weighted by molar-refractivity contribution is 9.10. The molecule has 1 aromatic carbocycles. The molecule has 4 aliphatic heterocycles. The van der Waals surface area contributed by atoms with Gasteiger partial charge in [0.1, 0.15) is 35.7 Å². The SMILES string of the molecule is Fc1c(Br)c(Cl)c2c3c(nc(OC[C@@]45CCCN4C[C@H](F)C5)nc13)N1CCC[C@H]1CO2. The number of anilines is 1. The Balaban J connectivity index is 1.44. The molecule has 3 atom stereocenters. The first-order valence-corrected chi connectivity index (χ1v) is 11.9. The molecule has 0 aliphatic carbocycles. The van der Waals surface area contributed by atoms with E-state index in [0.29, 0.717) is 43.1 Å². The topological polar surface area (TPSA) is 50.7 Å². The van der Waals surface area contributed by atoms with Gasteiger partial charge in [0.05, 0.1) is 21.4 Å². The van der Waals surface area contributed by atoms with Crippen molar-refractivity contribution >= 4 is 44.3 Å². The molecular weight excluding hydrogens is 494 g/mol. The van der Waals surface area contributed by atoms with Crippen LogP contribution in [0.4, 0.5) is 14.6 Å². The number of rotatable bonds is 3. The van der Waals surface area contributed by atoms with Crippen molar-refractivity contribution in [3.8, 4) is 11.8 Å². The number of ether oxygens (including phenoxy) is 2. The summed E-state index contributed by atoms with van der Waals surface area (Å²) in [6.45, 7) is 2.87. The van der Waals surface area contributed by atoms with Crippen LogP contribution in [-0.2, 0) is 0 Å². The fourth-order valence-corrected chi connectivity index (χ4v) is 6.33. The maximum absolute atomic E-state index is 15.2.